The smallest absolute Gasteiger partial charge is 0.191 e. The number of benzene rings is 2. The van der Waals surface area contributed by atoms with Crippen LogP contribution in [0.2, 0.25) is 0 Å². The molecule has 0 amide bonds. The second-order valence-corrected chi connectivity index (χ2v) is 7.38. The maximum atomic E-state index is 13.0. The third-order valence-corrected chi connectivity index (χ3v) is 4.74. The first-order valence-corrected chi connectivity index (χ1v) is 10.5. The van der Waals surface area contributed by atoms with Crippen LogP contribution in [0.25, 0.3) is 0 Å². The van der Waals surface area contributed by atoms with Crippen molar-refractivity contribution < 1.29 is 9.13 Å². The van der Waals surface area contributed by atoms with E-state index < -0.39 is 0 Å². The van der Waals surface area contributed by atoms with Crippen LogP contribution in [0.1, 0.15) is 30.8 Å². The summed E-state index contributed by atoms with van der Waals surface area (Å²) in [5, 5.41) is 6.57. The van der Waals surface area contributed by atoms with Crippen molar-refractivity contribution in [3.63, 3.8) is 0 Å². The molecule has 0 aliphatic carbocycles. The lowest BCUT2D eigenvalue weighted by molar-refractivity contribution is 0.223. The number of imidazole rings is 1. The van der Waals surface area contributed by atoms with E-state index in [9.17, 15) is 4.39 Å². The van der Waals surface area contributed by atoms with Crippen LogP contribution >= 0.6 is 0 Å². The van der Waals surface area contributed by atoms with Crippen molar-refractivity contribution in [2.75, 3.05) is 13.1 Å². The largest absolute Gasteiger partial charge is 0.489 e. The summed E-state index contributed by atoms with van der Waals surface area (Å²) in [6.45, 7) is 8.69. The molecule has 1 heterocycles. The third-order valence-electron chi connectivity index (χ3n) is 4.74. The zero-order valence-corrected chi connectivity index (χ0v) is 18.3. The fraction of sp³-hybridized carbons (Fsp3) is 0.333. The Morgan fingerprint density at radius 1 is 1.16 bits per heavy atom. The second-order valence-electron chi connectivity index (χ2n) is 7.38. The Hall–Kier alpha value is -3.35. The third kappa shape index (κ3) is 7.13. The summed E-state index contributed by atoms with van der Waals surface area (Å²) >= 11 is 0. The Morgan fingerprint density at radius 3 is 2.65 bits per heavy atom. The Bertz CT molecular complexity index is 984. The van der Waals surface area contributed by atoms with Crippen LogP contribution in [0, 0.1) is 12.7 Å². The van der Waals surface area contributed by atoms with Gasteiger partial charge >= 0.3 is 0 Å². The van der Waals surface area contributed by atoms with E-state index in [1.165, 1.54) is 17.7 Å². The van der Waals surface area contributed by atoms with Crippen molar-refractivity contribution in [3.8, 4) is 5.75 Å². The van der Waals surface area contributed by atoms with E-state index in [0.717, 1.165) is 30.4 Å². The Labute approximate surface area is 183 Å². The van der Waals surface area contributed by atoms with E-state index in [1.807, 2.05) is 33.2 Å². The Balaban J connectivity index is 1.55. The highest BCUT2D eigenvalue weighted by Crippen LogP contribution is 2.13. The topological polar surface area (TPSA) is 63.5 Å². The van der Waals surface area contributed by atoms with Gasteiger partial charge in [-0.3, -0.25) is 0 Å². The van der Waals surface area contributed by atoms with Crippen LogP contribution < -0.4 is 15.4 Å². The highest BCUT2D eigenvalue weighted by molar-refractivity contribution is 5.79. The lowest BCUT2D eigenvalue weighted by Gasteiger charge is -2.17. The molecule has 3 aromatic rings. The Morgan fingerprint density at radius 2 is 1.94 bits per heavy atom. The highest BCUT2D eigenvalue weighted by Gasteiger charge is 2.06. The molecule has 0 radical (unpaired) electrons. The minimum absolute atomic E-state index is 0.101. The highest BCUT2D eigenvalue weighted by atomic mass is 19.1. The van der Waals surface area contributed by atoms with Gasteiger partial charge in [0.05, 0.1) is 13.1 Å². The number of nitrogens with one attached hydrogen (secondary N) is 2. The fourth-order valence-electron chi connectivity index (χ4n) is 3.13. The quantitative estimate of drug-likeness (QED) is 0.405. The minimum Gasteiger partial charge on any atom is -0.489 e. The zero-order chi connectivity index (χ0) is 22.1. The maximum absolute atomic E-state index is 13.0. The van der Waals surface area contributed by atoms with E-state index in [4.69, 9.17) is 9.73 Å². The predicted molar refractivity (Wildman–Crippen MR) is 122 cm³/mol. The molecule has 2 aromatic carbocycles. The lowest BCUT2D eigenvalue weighted by Crippen LogP contribution is -2.41. The van der Waals surface area contributed by atoms with Crippen LogP contribution in [0.5, 0.6) is 5.75 Å². The van der Waals surface area contributed by atoms with Gasteiger partial charge in [-0.1, -0.05) is 24.3 Å². The first-order chi connectivity index (χ1) is 15.0. The summed E-state index contributed by atoms with van der Waals surface area (Å²) in [7, 11) is 0. The number of hydrogen-bond acceptors (Lipinski definition) is 3. The molecule has 7 heteroatoms. The average molecular weight is 424 g/mol. The van der Waals surface area contributed by atoms with Crippen LogP contribution in [0.15, 0.2) is 65.9 Å². The van der Waals surface area contributed by atoms with Gasteiger partial charge in [0.15, 0.2) is 5.96 Å². The van der Waals surface area contributed by atoms with Crippen LogP contribution in [-0.4, -0.2) is 34.7 Å². The molecule has 0 fully saturated rings. The number of halogens is 1. The molecular weight excluding hydrogens is 393 g/mol. The maximum Gasteiger partial charge on any atom is 0.191 e. The van der Waals surface area contributed by atoms with Crippen molar-refractivity contribution in [2.24, 2.45) is 4.99 Å². The molecule has 0 saturated heterocycles. The van der Waals surface area contributed by atoms with Crippen molar-refractivity contribution in [3.05, 3.63) is 83.7 Å². The number of aryl methyl sites for hydroxylation is 1. The number of rotatable bonds is 9. The van der Waals surface area contributed by atoms with Crippen LogP contribution in [-0.2, 0) is 13.1 Å². The summed E-state index contributed by atoms with van der Waals surface area (Å²) in [6, 6.07) is 14.5. The van der Waals surface area contributed by atoms with Gasteiger partial charge in [0, 0.05) is 25.5 Å². The molecule has 31 heavy (non-hydrogen) atoms. The second kappa shape index (κ2) is 11.2. The fourth-order valence-corrected chi connectivity index (χ4v) is 3.13. The molecule has 1 unspecified atom stereocenters. The number of nitrogens with zero attached hydrogens (tertiary/aromatic N) is 3. The summed E-state index contributed by atoms with van der Waals surface area (Å²) in [5.74, 6) is 2.10. The molecule has 6 nitrogen and oxygen atoms in total. The standard InChI is InChI=1S/C24H30FN5O/c1-4-26-24(28-15-18(2)31-23-10-8-22(25)9-11-23)29-16-20-6-5-7-21(14-20)17-30-13-12-27-19(30)3/h5-14,18H,4,15-17H2,1-3H3,(H2,26,28,29). The van der Waals surface area contributed by atoms with E-state index >= 15 is 0 Å². The molecule has 2 N–H and O–H groups in total. The number of guanidine groups is 1. The first kappa shape index (κ1) is 22.3. The molecule has 3 rings (SSSR count). The number of aliphatic imine (C=N–C) groups is 1. The first-order valence-electron chi connectivity index (χ1n) is 10.5. The molecule has 164 valence electrons. The van der Waals surface area contributed by atoms with E-state index in [1.54, 1.807) is 12.1 Å². The van der Waals surface area contributed by atoms with Gasteiger partial charge in [0.1, 0.15) is 23.5 Å². The van der Waals surface area contributed by atoms with Gasteiger partial charge < -0.3 is 19.9 Å². The van der Waals surface area contributed by atoms with E-state index in [0.29, 0.717) is 18.8 Å². The van der Waals surface area contributed by atoms with Gasteiger partial charge in [0.2, 0.25) is 0 Å². The van der Waals surface area contributed by atoms with E-state index in [2.05, 4.69) is 44.5 Å². The van der Waals surface area contributed by atoms with Gasteiger partial charge in [-0.15, -0.1) is 0 Å². The summed E-state index contributed by atoms with van der Waals surface area (Å²) in [5.41, 5.74) is 2.36. The van der Waals surface area contributed by atoms with Gasteiger partial charge in [-0.25, -0.2) is 14.4 Å². The number of aromatic nitrogens is 2. The predicted octanol–water partition coefficient (Wildman–Crippen LogP) is 3.90. The van der Waals surface area contributed by atoms with Gasteiger partial charge in [0.25, 0.3) is 0 Å². The zero-order valence-electron chi connectivity index (χ0n) is 18.3. The molecule has 0 saturated carbocycles. The number of ether oxygens (including phenoxy) is 1. The van der Waals surface area contributed by atoms with Crippen LogP contribution in [0.3, 0.4) is 0 Å². The molecule has 0 spiro atoms. The monoisotopic (exact) mass is 423 g/mol. The Kier molecular flexibility index (Phi) is 8.04. The SMILES string of the molecule is CCNC(=NCc1cccc(Cn2ccnc2C)c1)NCC(C)Oc1ccc(F)cc1. The summed E-state index contributed by atoms with van der Waals surface area (Å²) < 4.78 is 21.0. The van der Waals surface area contributed by atoms with Crippen molar-refractivity contribution in [1.29, 1.82) is 0 Å². The van der Waals surface area contributed by atoms with Crippen molar-refractivity contribution >= 4 is 5.96 Å². The van der Waals surface area contributed by atoms with Crippen LogP contribution in [0.4, 0.5) is 4.39 Å². The molecule has 0 aliphatic rings. The normalized spacial score (nSPS) is 12.5. The van der Waals surface area contributed by atoms with E-state index in [-0.39, 0.29) is 11.9 Å². The van der Waals surface area contributed by atoms with Gasteiger partial charge in [-0.2, -0.15) is 0 Å². The molecule has 1 atom stereocenters. The molecular formula is C24H30FN5O. The summed E-state index contributed by atoms with van der Waals surface area (Å²) in [4.78, 5) is 8.98. The number of hydrogen-bond donors (Lipinski definition) is 2. The summed E-state index contributed by atoms with van der Waals surface area (Å²) in [6.07, 6.45) is 3.71. The average Bonchev–Trinajstić information content (AvgIpc) is 3.16. The molecule has 0 aliphatic heterocycles. The lowest BCUT2D eigenvalue weighted by atomic mass is 10.1. The van der Waals surface area contributed by atoms with Crippen molar-refractivity contribution in [2.45, 2.75) is 40.0 Å². The minimum atomic E-state index is -0.274. The van der Waals surface area contributed by atoms with Crippen molar-refractivity contribution in [1.82, 2.24) is 20.2 Å². The molecule has 1 aromatic heterocycles. The molecule has 0 bridgehead atoms. The van der Waals surface area contributed by atoms with Gasteiger partial charge in [-0.05, 0) is 56.2 Å².